The molecular formula is C8H17B. The van der Waals surface area contributed by atoms with Crippen LogP contribution in [0.4, 0.5) is 0 Å². The highest BCUT2D eigenvalue weighted by atomic mass is 14.1. The Morgan fingerprint density at radius 1 is 1.22 bits per heavy atom. The maximum absolute atomic E-state index is 5.87. The quantitative estimate of drug-likeness (QED) is 0.507. The van der Waals surface area contributed by atoms with Crippen molar-refractivity contribution in [2.45, 2.75) is 39.9 Å². The minimum absolute atomic E-state index is 0.384. The molecule has 0 heterocycles. The topological polar surface area (TPSA) is 0 Å². The molecule has 0 aliphatic heterocycles. The summed E-state index contributed by atoms with van der Waals surface area (Å²) in [5, 5.41) is 0. The van der Waals surface area contributed by atoms with Crippen LogP contribution in [-0.2, 0) is 0 Å². The molecule has 2 atom stereocenters. The van der Waals surface area contributed by atoms with Gasteiger partial charge in [0.25, 0.3) is 0 Å². The van der Waals surface area contributed by atoms with Crippen molar-refractivity contribution in [2.24, 2.45) is 11.8 Å². The second-order valence-electron chi connectivity index (χ2n) is 3.21. The standard InChI is InChI=1S/C8H17B/c1-5-7(4)8(9)6(2)3/h6-8H,5H2,1-4H3. The van der Waals surface area contributed by atoms with Crippen molar-refractivity contribution in [1.82, 2.24) is 0 Å². The van der Waals surface area contributed by atoms with Gasteiger partial charge in [0.05, 0.1) is 7.85 Å². The van der Waals surface area contributed by atoms with Gasteiger partial charge in [0.15, 0.2) is 0 Å². The molecule has 0 aliphatic rings. The van der Waals surface area contributed by atoms with Crippen LogP contribution >= 0.6 is 0 Å². The van der Waals surface area contributed by atoms with Crippen molar-refractivity contribution >= 4 is 7.85 Å². The van der Waals surface area contributed by atoms with Crippen molar-refractivity contribution in [3.63, 3.8) is 0 Å². The predicted octanol–water partition coefficient (Wildman–Crippen LogP) is 2.65. The number of rotatable bonds is 3. The third kappa shape index (κ3) is 2.93. The molecule has 0 saturated heterocycles. The number of hydrogen-bond acceptors (Lipinski definition) is 0. The molecule has 0 aliphatic carbocycles. The summed E-state index contributed by atoms with van der Waals surface area (Å²) in [4.78, 5) is 0. The summed E-state index contributed by atoms with van der Waals surface area (Å²) < 4.78 is 0. The van der Waals surface area contributed by atoms with Gasteiger partial charge in [0.2, 0.25) is 0 Å². The Bertz CT molecular complexity index is 69.0. The highest BCUT2D eigenvalue weighted by molar-refractivity contribution is 6.11. The zero-order valence-electron chi connectivity index (χ0n) is 7.02. The molecule has 0 N–H and O–H groups in total. The lowest BCUT2D eigenvalue weighted by molar-refractivity contribution is 0.429. The van der Waals surface area contributed by atoms with Gasteiger partial charge in [0.1, 0.15) is 0 Å². The predicted molar refractivity (Wildman–Crippen MR) is 43.8 cm³/mol. The van der Waals surface area contributed by atoms with Gasteiger partial charge in [-0.05, 0) is 5.92 Å². The van der Waals surface area contributed by atoms with E-state index >= 15 is 0 Å². The SMILES string of the molecule is [B]C(C(C)C)C(C)CC. The molecule has 0 bridgehead atoms. The van der Waals surface area contributed by atoms with E-state index in [2.05, 4.69) is 27.7 Å². The lowest BCUT2D eigenvalue weighted by Crippen LogP contribution is -2.10. The van der Waals surface area contributed by atoms with E-state index in [1.807, 2.05) is 0 Å². The monoisotopic (exact) mass is 124 g/mol. The molecule has 2 radical (unpaired) electrons. The van der Waals surface area contributed by atoms with Crippen LogP contribution in [0.15, 0.2) is 0 Å². The minimum atomic E-state index is 0.384. The molecule has 52 valence electrons. The van der Waals surface area contributed by atoms with Crippen LogP contribution in [0.5, 0.6) is 0 Å². The maximum Gasteiger partial charge on any atom is 0.0706 e. The summed E-state index contributed by atoms with van der Waals surface area (Å²) >= 11 is 0. The first-order chi connectivity index (χ1) is 4.09. The van der Waals surface area contributed by atoms with Crippen molar-refractivity contribution in [3.05, 3.63) is 0 Å². The third-order valence-electron chi connectivity index (χ3n) is 2.07. The van der Waals surface area contributed by atoms with Gasteiger partial charge >= 0.3 is 0 Å². The first-order valence-electron chi connectivity index (χ1n) is 3.85. The van der Waals surface area contributed by atoms with Gasteiger partial charge in [-0.1, -0.05) is 45.9 Å². The van der Waals surface area contributed by atoms with Crippen LogP contribution in [0.1, 0.15) is 34.1 Å². The first-order valence-corrected chi connectivity index (χ1v) is 3.85. The first kappa shape index (κ1) is 9.06. The lowest BCUT2D eigenvalue weighted by Gasteiger charge is -2.22. The Morgan fingerprint density at radius 2 is 1.67 bits per heavy atom. The summed E-state index contributed by atoms with van der Waals surface area (Å²) in [6, 6.07) is 0. The van der Waals surface area contributed by atoms with Crippen molar-refractivity contribution in [3.8, 4) is 0 Å². The van der Waals surface area contributed by atoms with Gasteiger partial charge in [-0.2, -0.15) is 0 Å². The van der Waals surface area contributed by atoms with Gasteiger partial charge in [-0.25, -0.2) is 0 Å². The average Bonchev–Trinajstić information content (AvgIpc) is 1.84. The molecule has 0 nitrogen and oxygen atoms in total. The van der Waals surface area contributed by atoms with E-state index in [0.717, 1.165) is 0 Å². The lowest BCUT2D eigenvalue weighted by atomic mass is 9.69. The maximum atomic E-state index is 5.87. The molecule has 1 heteroatoms. The summed E-state index contributed by atoms with van der Waals surface area (Å²) in [5.41, 5.74) is 0. The second kappa shape index (κ2) is 3.97. The highest BCUT2D eigenvalue weighted by Gasteiger charge is 2.12. The van der Waals surface area contributed by atoms with E-state index in [-0.39, 0.29) is 0 Å². The summed E-state index contributed by atoms with van der Waals surface area (Å²) in [7, 11) is 5.87. The summed E-state index contributed by atoms with van der Waals surface area (Å²) in [5.74, 6) is 1.68. The zero-order chi connectivity index (χ0) is 7.44. The van der Waals surface area contributed by atoms with Crippen LogP contribution in [0.25, 0.3) is 0 Å². The molecule has 0 aromatic rings. The molecule has 2 unspecified atom stereocenters. The molecule has 0 rings (SSSR count). The van der Waals surface area contributed by atoms with Crippen molar-refractivity contribution in [1.29, 1.82) is 0 Å². The van der Waals surface area contributed by atoms with Crippen LogP contribution in [0, 0.1) is 11.8 Å². The van der Waals surface area contributed by atoms with E-state index < -0.39 is 0 Å². The van der Waals surface area contributed by atoms with E-state index in [4.69, 9.17) is 7.85 Å². The van der Waals surface area contributed by atoms with E-state index in [1.165, 1.54) is 6.42 Å². The van der Waals surface area contributed by atoms with Crippen LogP contribution in [0.3, 0.4) is 0 Å². The summed E-state index contributed by atoms with van der Waals surface area (Å²) in [6.07, 6.45) is 1.19. The second-order valence-corrected chi connectivity index (χ2v) is 3.21. The third-order valence-corrected chi connectivity index (χ3v) is 2.07. The molecular weight excluding hydrogens is 107 g/mol. The molecule has 0 aromatic carbocycles. The fourth-order valence-corrected chi connectivity index (χ4v) is 0.929. The normalized spacial score (nSPS) is 17.9. The Labute approximate surface area is 60.4 Å². The van der Waals surface area contributed by atoms with Crippen LogP contribution in [-0.4, -0.2) is 7.85 Å². The average molecular weight is 124 g/mol. The van der Waals surface area contributed by atoms with Gasteiger partial charge in [-0.3, -0.25) is 0 Å². The molecule has 0 fully saturated rings. The Morgan fingerprint density at radius 3 is 1.78 bits per heavy atom. The van der Waals surface area contributed by atoms with Crippen LogP contribution in [0.2, 0.25) is 5.82 Å². The van der Waals surface area contributed by atoms with E-state index in [0.29, 0.717) is 17.7 Å². The summed E-state index contributed by atoms with van der Waals surface area (Å²) in [6.45, 7) is 8.76. The van der Waals surface area contributed by atoms with E-state index in [1.54, 1.807) is 0 Å². The number of hydrogen-bond donors (Lipinski definition) is 0. The Hall–Kier alpha value is 0.0649. The Kier molecular flexibility index (Phi) is 4.00. The largest absolute Gasteiger partial charge is 0.0726 e. The van der Waals surface area contributed by atoms with Gasteiger partial charge in [0, 0.05) is 0 Å². The molecule has 0 saturated carbocycles. The molecule has 9 heavy (non-hydrogen) atoms. The van der Waals surface area contributed by atoms with Gasteiger partial charge in [-0.15, -0.1) is 0 Å². The fourth-order valence-electron chi connectivity index (χ4n) is 0.929. The van der Waals surface area contributed by atoms with Crippen molar-refractivity contribution in [2.75, 3.05) is 0 Å². The molecule has 0 spiro atoms. The van der Waals surface area contributed by atoms with E-state index in [9.17, 15) is 0 Å². The van der Waals surface area contributed by atoms with Gasteiger partial charge < -0.3 is 0 Å². The Balaban J connectivity index is 3.58. The molecule has 0 amide bonds. The van der Waals surface area contributed by atoms with Crippen molar-refractivity contribution < 1.29 is 0 Å². The molecule has 0 aromatic heterocycles. The smallest absolute Gasteiger partial charge is 0.0706 e. The highest BCUT2D eigenvalue weighted by Crippen LogP contribution is 2.25. The van der Waals surface area contributed by atoms with Crippen LogP contribution < -0.4 is 0 Å². The fraction of sp³-hybridized carbons (Fsp3) is 1.00. The minimum Gasteiger partial charge on any atom is -0.0726 e. The zero-order valence-corrected chi connectivity index (χ0v) is 7.02.